The number of aliphatic hydroxyl groups excluding tert-OH is 2. The highest BCUT2D eigenvalue weighted by Crippen LogP contribution is 2.39. The highest BCUT2D eigenvalue weighted by Gasteiger charge is 2.34. The molecule has 2 aliphatic rings. The lowest BCUT2D eigenvalue weighted by atomic mass is 9.99. The van der Waals surface area contributed by atoms with E-state index in [-0.39, 0.29) is 49.6 Å². The normalized spacial score (nSPS) is 20.8. The standard InChI is InChI=1S/C40H46N4O6/c41-35-7-1-2-8-36(35)43-39(48)10-4-9-38(47)42-23-28-5-3-6-32(21-28)29-15-17-31(18-16-29)40-49-34(25-44-20-19-33(46)24-44)22-37(50-40)30-13-11-27(26-45)12-14-30/h1-3,5-8,11-18,21,33-34,37,40,45-46H,4,9-10,19-20,22-26,41H2,(H,42,47)(H,43,48). The Bertz CT molecular complexity index is 1730. The van der Waals surface area contributed by atoms with Gasteiger partial charge in [-0.3, -0.25) is 14.5 Å². The van der Waals surface area contributed by atoms with E-state index in [1.807, 2.05) is 54.6 Å². The van der Waals surface area contributed by atoms with Crippen molar-refractivity contribution in [2.75, 3.05) is 30.7 Å². The summed E-state index contributed by atoms with van der Waals surface area (Å²) in [6.45, 7) is 2.61. The second-order valence-electron chi connectivity index (χ2n) is 13.1. The molecule has 2 heterocycles. The van der Waals surface area contributed by atoms with Crippen LogP contribution in [0, 0.1) is 0 Å². The van der Waals surface area contributed by atoms with Gasteiger partial charge in [-0.2, -0.15) is 0 Å². The summed E-state index contributed by atoms with van der Waals surface area (Å²) in [6, 6.07) is 31.2. The summed E-state index contributed by atoms with van der Waals surface area (Å²) in [5.41, 5.74) is 12.8. The van der Waals surface area contributed by atoms with Crippen molar-refractivity contribution in [1.29, 1.82) is 0 Å². The number of benzene rings is 4. The van der Waals surface area contributed by atoms with E-state index in [1.165, 1.54) is 0 Å². The van der Waals surface area contributed by atoms with E-state index >= 15 is 0 Å². The number of hydrogen-bond acceptors (Lipinski definition) is 8. The minimum atomic E-state index is -0.554. The van der Waals surface area contributed by atoms with Gasteiger partial charge in [-0.1, -0.05) is 78.9 Å². The second-order valence-corrected chi connectivity index (χ2v) is 13.1. The molecule has 4 aromatic rings. The van der Waals surface area contributed by atoms with Crippen LogP contribution >= 0.6 is 0 Å². The van der Waals surface area contributed by atoms with Gasteiger partial charge < -0.3 is 36.1 Å². The molecule has 0 aliphatic carbocycles. The van der Waals surface area contributed by atoms with Gasteiger partial charge >= 0.3 is 0 Å². The Morgan fingerprint density at radius 2 is 1.60 bits per heavy atom. The molecule has 0 radical (unpaired) electrons. The average Bonchev–Trinajstić information content (AvgIpc) is 3.55. The Balaban J connectivity index is 1.04. The topological polar surface area (TPSA) is 146 Å². The summed E-state index contributed by atoms with van der Waals surface area (Å²) < 4.78 is 13.0. The number of likely N-dealkylation sites (tertiary alicyclic amines) is 1. The number of β-amino-alcohol motifs (C(OH)–C–C–N with tert-alkyl or cyclic N) is 1. The number of nitrogen functional groups attached to an aromatic ring is 1. The van der Waals surface area contributed by atoms with E-state index in [2.05, 4.69) is 33.7 Å². The molecule has 2 fully saturated rings. The van der Waals surface area contributed by atoms with Crippen LogP contribution in [-0.4, -0.2) is 58.8 Å². The van der Waals surface area contributed by atoms with Crippen LogP contribution in [-0.2, 0) is 32.2 Å². The van der Waals surface area contributed by atoms with Gasteiger partial charge in [0.2, 0.25) is 11.8 Å². The minimum Gasteiger partial charge on any atom is -0.397 e. The smallest absolute Gasteiger partial charge is 0.224 e. The van der Waals surface area contributed by atoms with Gasteiger partial charge in [-0.25, -0.2) is 0 Å². The van der Waals surface area contributed by atoms with E-state index in [1.54, 1.807) is 24.3 Å². The Kier molecular flexibility index (Phi) is 11.9. The average molecular weight is 679 g/mol. The summed E-state index contributed by atoms with van der Waals surface area (Å²) in [5.74, 6) is -0.284. The zero-order chi connectivity index (χ0) is 34.9. The molecule has 10 nitrogen and oxygen atoms in total. The zero-order valence-electron chi connectivity index (χ0n) is 28.2. The number of nitrogens with one attached hydrogen (secondary N) is 2. The van der Waals surface area contributed by atoms with Crippen molar-refractivity contribution in [2.24, 2.45) is 0 Å². The second kappa shape index (κ2) is 16.9. The maximum atomic E-state index is 12.5. The molecule has 4 unspecified atom stereocenters. The number of rotatable bonds is 13. The first kappa shape index (κ1) is 35.3. The number of anilines is 2. The molecular weight excluding hydrogens is 632 g/mol. The SMILES string of the molecule is Nc1ccccc1NC(=O)CCCC(=O)NCc1cccc(-c2ccc(C3OC(CN4CCC(O)C4)CC(c4ccc(CO)cc4)O3)cc2)c1. The van der Waals surface area contributed by atoms with Crippen molar-refractivity contribution in [3.63, 3.8) is 0 Å². The maximum Gasteiger partial charge on any atom is 0.224 e. The van der Waals surface area contributed by atoms with Crippen LogP contribution in [0.15, 0.2) is 97.1 Å². The number of ether oxygens (including phenoxy) is 2. The molecule has 6 N–H and O–H groups in total. The predicted molar refractivity (Wildman–Crippen MR) is 193 cm³/mol. The molecule has 262 valence electrons. The Morgan fingerprint density at radius 3 is 2.34 bits per heavy atom. The molecule has 2 saturated heterocycles. The van der Waals surface area contributed by atoms with Gasteiger partial charge in [0.1, 0.15) is 0 Å². The number of nitrogens with zero attached hydrogens (tertiary/aromatic N) is 1. The highest BCUT2D eigenvalue weighted by molar-refractivity contribution is 5.94. The van der Waals surface area contributed by atoms with Crippen LogP contribution in [0.1, 0.15) is 66.8 Å². The first-order valence-corrected chi connectivity index (χ1v) is 17.3. The molecule has 0 bridgehead atoms. The predicted octanol–water partition coefficient (Wildman–Crippen LogP) is 5.47. The van der Waals surface area contributed by atoms with Crippen molar-refractivity contribution in [2.45, 2.75) is 69.9 Å². The number of carbonyl (C=O) groups is 2. The lowest BCUT2D eigenvalue weighted by Gasteiger charge is -2.37. The molecule has 2 amide bonds. The number of aliphatic hydroxyl groups is 2. The fourth-order valence-corrected chi connectivity index (χ4v) is 6.51. The fourth-order valence-electron chi connectivity index (χ4n) is 6.51. The van der Waals surface area contributed by atoms with Crippen molar-refractivity contribution in [3.8, 4) is 11.1 Å². The van der Waals surface area contributed by atoms with Gasteiger partial charge in [-0.15, -0.1) is 0 Å². The first-order chi connectivity index (χ1) is 24.3. The summed E-state index contributed by atoms with van der Waals surface area (Å²) in [5, 5.41) is 25.3. The number of carbonyl (C=O) groups excluding carboxylic acids is 2. The quantitative estimate of drug-likeness (QED) is 0.117. The van der Waals surface area contributed by atoms with E-state index in [4.69, 9.17) is 15.2 Å². The van der Waals surface area contributed by atoms with Gasteiger partial charge in [0, 0.05) is 51.0 Å². The third-order valence-corrected chi connectivity index (χ3v) is 9.30. The van der Waals surface area contributed by atoms with E-state index in [0.717, 1.165) is 52.9 Å². The minimum absolute atomic E-state index is 0.00463. The van der Waals surface area contributed by atoms with Crippen LogP contribution in [0.25, 0.3) is 11.1 Å². The fraction of sp³-hybridized carbons (Fsp3) is 0.350. The van der Waals surface area contributed by atoms with Gasteiger partial charge in [-0.05, 0) is 58.9 Å². The van der Waals surface area contributed by atoms with Gasteiger partial charge in [0.05, 0.1) is 36.3 Å². The summed E-state index contributed by atoms with van der Waals surface area (Å²) in [6.07, 6.45) is 1.30. The molecule has 4 atom stereocenters. The monoisotopic (exact) mass is 678 g/mol. The molecule has 0 aromatic heterocycles. The molecule has 6 rings (SSSR count). The van der Waals surface area contributed by atoms with Crippen LogP contribution < -0.4 is 16.4 Å². The molecule has 2 aliphatic heterocycles. The van der Waals surface area contributed by atoms with Crippen LogP contribution in [0.5, 0.6) is 0 Å². The summed E-state index contributed by atoms with van der Waals surface area (Å²) in [4.78, 5) is 27.0. The van der Waals surface area contributed by atoms with Gasteiger partial charge in [0.25, 0.3) is 0 Å². The van der Waals surface area contributed by atoms with Crippen molar-refractivity contribution in [1.82, 2.24) is 10.2 Å². The Morgan fingerprint density at radius 1 is 0.840 bits per heavy atom. The van der Waals surface area contributed by atoms with Gasteiger partial charge in [0.15, 0.2) is 6.29 Å². The Labute approximate surface area is 293 Å². The molecule has 0 saturated carbocycles. The van der Waals surface area contributed by atoms with Crippen molar-refractivity contribution >= 4 is 23.2 Å². The van der Waals surface area contributed by atoms with Crippen LogP contribution in [0.3, 0.4) is 0 Å². The van der Waals surface area contributed by atoms with Crippen molar-refractivity contribution < 1.29 is 29.3 Å². The summed E-state index contributed by atoms with van der Waals surface area (Å²) in [7, 11) is 0. The highest BCUT2D eigenvalue weighted by atomic mass is 16.7. The zero-order valence-corrected chi connectivity index (χ0v) is 28.2. The third-order valence-electron chi connectivity index (χ3n) is 9.30. The third kappa shape index (κ3) is 9.56. The van der Waals surface area contributed by atoms with E-state index in [0.29, 0.717) is 37.3 Å². The molecule has 50 heavy (non-hydrogen) atoms. The van der Waals surface area contributed by atoms with E-state index in [9.17, 15) is 19.8 Å². The first-order valence-electron chi connectivity index (χ1n) is 17.3. The number of para-hydroxylation sites is 2. The van der Waals surface area contributed by atoms with Crippen LogP contribution in [0.4, 0.5) is 11.4 Å². The number of hydrogen-bond donors (Lipinski definition) is 5. The molecule has 10 heteroatoms. The molecular formula is C40H46N4O6. The van der Waals surface area contributed by atoms with Crippen LogP contribution in [0.2, 0.25) is 0 Å². The maximum absolute atomic E-state index is 12.5. The summed E-state index contributed by atoms with van der Waals surface area (Å²) >= 11 is 0. The largest absolute Gasteiger partial charge is 0.397 e. The number of nitrogens with two attached hydrogens (primary N) is 1. The van der Waals surface area contributed by atoms with Crippen molar-refractivity contribution in [3.05, 3.63) is 119 Å². The Hall–Kier alpha value is -4.58. The number of amides is 2. The lowest BCUT2D eigenvalue weighted by Crippen LogP contribution is -2.38. The molecule has 0 spiro atoms. The van der Waals surface area contributed by atoms with E-state index < -0.39 is 6.29 Å². The lowest BCUT2D eigenvalue weighted by molar-refractivity contribution is -0.252. The molecule has 4 aromatic carbocycles.